The van der Waals surface area contributed by atoms with Gasteiger partial charge in [0.2, 0.25) is 5.95 Å². The number of hydrogen-bond donors (Lipinski definition) is 2. The van der Waals surface area contributed by atoms with Crippen molar-refractivity contribution in [1.29, 1.82) is 0 Å². The summed E-state index contributed by atoms with van der Waals surface area (Å²) in [4.78, 5) is 37.0. The van der Waals surface area contributed by atoms with Gasteiger partial charge in [0.1, 0.15) is 11.5 Å². The predicted octanol–water partition coefficient (Wildman–Crippen LogP) is 3.79. The van der Waals surface area contributed by atoms with E-state index in [1.807, 2.05) is 54.0 Å². The normalized spacial score (nSPS) is 16.6. The fourth-order valence-corrected chi connectivity index (χ4v) is 5.62. The van der Waals surface area contributed by atoms with Gasteiger partial charge >= 0.3 is 0 Å². The van der Waals surface area contributed by atoms with E-state index in [0.29, 0.717) is 11.5 Å². The lowest BCUT2D eigenvalue weighted by Gasteiger charge is -2.33. The highest BCUT2D eigenvalue weighted by Crippen LogP contribution is 2.30. The van der Waals surface area contributed by atoms with Gasteiger partial charge in [-0.3, -0.25) is 4.79 Å². The molecule has 0 bridgehead atoms. The molecule has 2 saturated heterocycles. The molecule has 2 fully saturated rings. The molecular formula is C29H32N10O. The zero-order chi connectivity index (χ0) is 27.1. The number of pyridine rings is 2. The molecule has 5 aromatic rings. The summed E-state index contributed by atoms with van der Waals surface area (Å²) in [5, 5.41) is 8.67. The van der Waals surface area contributed by atoms with Gasteiger partial charge in [-0.15, -0.1) is 0 Å². The smallest absolute Gasteiger partial charge is 0.257 e. The zero-order valence-electron chi connectivity index (χ0n) is 22.5. The van der Waals surface area contributed by atoms with Crippen LogP contribution in [0.4, 0.5) is 17.5 Å². The molecule has 40 heavy (non-hydrogen) atoms. The maximum absolute atomic E-state index is 13.2. The van der Waals surface area contributed by atoms with Crippen LogP contribution in [0, 0.1) is 0 Å². The first kappa shape index (κ1) is 24.5. The molecule has 5 aromatic heterocycles. The molecule has 11 heteroatoms. The van der Waals surface area contributed by atoms with Crippen molar-refractivity contribution in [3.63, 3.8) is 0 Å². The Kier molecular flexibility index (Phi) is 6.27. The molecule has 2 aliphatic rings. The van der Waals surface area contributed by atoms with E-state index >= 15 is 0 Å². The number of aromatic nitrogens is 6. The first-order chi connectivity index (χ1) is 19.6. The first-order valence-corrected chi connectivity index (χ1v) is 13.9. The van der Waals surface area contributed by atoms with Crippen LogP contribution in [0.5, 0.6) is 0 Å². The van der Waals surface area contributed by atoms with Gasteiger partial charge in [0.05, 0.1) is 17.3 Å². The van der Waals surface area contributed by atoms with Crippen molar-refractivity contribution in [2.24, 2.45) is 0 Å². The SMILES string of the molecule is CN1CCN(c2cc(Nc3ncc4c(-c5ccn6ncc(C(=O)N7CCCCC7)c6c5)c[nH]c4n3)ccn2)CC1. The van der Waals surface area contributed by atoms with Gasteiger partial charge < -0.3 is 25.0 Å². The minimum absolute atomic E-state index is 0.0525. The Morgan fingerprint density at radius 3 is 2.67 bits per heavy atom. The molecule has 0 atom stereocenters. The van der Waals surface area contributed by atoms with Gasteiger partial charge in [0.25, 0.3) is 5.91 Å². The number of H-pyrrole nitrogens is 1. The van der Waals surface area contributed by atoms with Crippen LogP contribution < -0.4 is 10.2 Å². The second-order valence-corrected chi connectivity index (χ2v) is 10.6. The standard InChI is InChI=1S/C29H32N10O/c1-36-11-13-37(14-12-36)26-16-21(5-7-30-26)34-29-32-18-23-22(17-31-27(23)35-29)20-6-10-39-25(15-20)24(19-33-39)28(40)38-8-3-2-4-9-38/h5-7,10,15-19H,2-4,8-9,11-14H2,1H3,(H2,30,31,32,34,35). The van der Waals surface area contributed by atoms with Crippen LogP contribution in [0.3, 0.4) is 0 Å². The van der Waals surface area contributed by atoms with Gasteiger partial charge in [-0.2, -0.15) is 10.1 Å². The molecule has 2 N–H and O–H groups in total. The summed E-state index contributed by atoms with van der Waals surface area (Å²) >= 11 is 0. The Hall–Kier alpha value is -4.51. The lowest BCUT2D eigenvalue weighted by atomic mass is 10.1. The fraction of sp³-hybridized carbons (Fsp3) is 0.345. The Morgan fingerprint density at radius 2 is 1.82 bits per heavy atom. The lowest BCUT2D eigenvalue weighted by molar-refractivity contribution is 0.0726. The molecule has 0 aliphatic carbocycles. The van der Waals surface area contributed by atoms with Crippen molar-refractivity contribution in [2.75, 3.05) is 56.5 Å². The number of likely N-dealkylation sites (N-methyl/N-ethyl adjacent to an activating group) is 1. The number of rotatable bonds is 5. The highest BCUT2D eigenvalue weighted by atomic mass is 16.2. The van der Waals surface area contributed by atoms with Gasteiger partial charge in [-0.05, 0) is 50.1 Å². The Balaban J connectivity index is 1.14. The summed E-state index contributed by atoms with van der Waals surface area (Å²) in [7, 11) is 2.15. The number of likely N-dealkylation sites (tertiary alicyclic amines) is 1. The zero-order valence-corrected chi connectivity index (χ0v) is 22.5. The second-order valence-electron chi connectivity index (χ2n) is 10.6. The second kappa shape index (κ2) is 10.2. The average molecular weight is 537 g/mol. The van der Waals surface area contributed by atoms with Crippen molar-refractivity contribution in [2.45, 2.75) is 19.3 Å². The topological polar surface area (TPSA) is 111 Å². The van der Waals surface area contributed by atoms with Crippen LogP contribution in [0.1, 0.15) is 29.6 Å². The number of carbonyl (C=O) groups excluding carboxylic acids is 1. The Morgan fingerprint density at radius 1 is 0.975 bits per heavy atom. The van der Waals surface area contributed by atoms with Crippen LogP contribution in [0.2, 0.25) is 0 Å². The van der Waals surface area contributed by atoms with Gasteiger partial charge in [0.15, 0.2) is 0 Å². The number of anilines is 3. The minimum Gasteiger partial charge on any atom is -0.354 e. The summed E-state index contributed by atoms with van der Waals surface area (Å²) in [5.41, 5.74) is 5.02. The molecule has 0 radical (unpaired) electrons. The number of fused-ring (bicyclic) bond motifs is 2. The highest BCUT2D eigenvalue weighted by molar-refractivity contribution is 6.02. The van der Waals surface area contributed by atoms with Gasteiger partial charge in [-0.1, -0.05) is 0 Å². The largest absolute Gasteiger partial charge is 0.354 e. The quantitative estimate of drug-likeness (QED) is 0.349. The number of nitrogens with one attached hydrogen (secondary N) is 2. The molecule has 1 amide bonds. The summed E-state index contributed by atoms with van der Waals surface area (Å²) in [5.74, 6) is 1.52. The number of amides is 1. The van der Waals surface area contributed by atoms with Gasteiger partial charge in [0, 0.05) is 86.8 Å². The number of hydrogen-bond acceptors (Lipinski definition) is 8. The number of piperidine rings is 1. The summed E-state index contributed by atoms with van der Waals surface area (Å²) in [6.45, 7) is 5.58. The molecule has 7 rings (SSSR count). The van der Waals surface area contributed by atoms with E-state index in [9.17, 15) is 4.79 Å². The summed E-state index contributed by atoms with van der Waals surface area (Å²) < 4.78 is 1.76. The van der Waals surface area contributed by atoms with E-state index in [1.54, 1.807) is 10.7 Å². The number of nitrogens with zero attached hydrogens (tertiary/aromatic N) is 8. The van der Waals surface area contributed by atoms with Crippen LogP contribution in [-0.4, -0.2) is 91.6 Å². The third-order valence-corrected chi connectivity index (χ3v) is 7.97. The van der Waals surface area contributed by atoms with Crippen LogP contribution in [-0.2, 0) is 0 Å². The van der Waals surface area contributed by atoms with E-state index in [2.05, 4.69) is 42.2 Å². The van der Waals surface area contributed by atoms with Crippen LogP contribution >= 0.6 is 0 Å². The van der Waals surface area contributed by atoms with Crippen molar-refractivity contribution in [3.8, 4) is 11.1 Å². The van der Waals surface area contributed by atoms with Crippen LogP contribution in [0.25, 0.3) is 27.7 Å². The minimum atomic E-state index is 0.0525. The van der Waals surface area contributed by atoms with E-state index in [0.717, 1.165) is 91.3 Å². The van der Waals surface area contributed by atoms with Crippen molar-refractivity contribution >= 4 is 39.9 Å². The first-order valence-electron chi connectivity index (χ1n) is 13.9. The highest BCUT2D eigenvalue weighted by Gasteiger charge is 2.22. The molecule has 0 aromatic carbocycles. The Labute approximate surface area is 231 Å². The molecule has 7 heterocycles. The predicted molar refractivity (Wildman–Crippen MR) is 155 cm³/mol. The molecule has 0 unspecified atom stereocenters. The van der Waals surface area contributed by atoms with E-state index in [4.69, 9.17) is 4.98 Å². The monoisotopic (exact) mass is 536 g/mol. The third kappa shape index (κ3) is 4.62. The van der Waals surface area contributed by atoms with E-state index < -0.39 is 0 Å². The lowest BCUT2D eigenvalue weighted by Crippen LogP contribution is -2.44. The van der Waals surface area contributed by atoms with Gasteiger partial charge in [-0.25, -0.2) is 14.5 Å². The molecule has 0 saturated carbocycles. The number of aromatic amines is 1. The molecule has 2 aliphatic heterocycles. The summed E-state index contributed by atoms with van der Waals surface area (Å²) in [6, 6.07) is 8.00. The molecule has 0 spiro atoms. The van der Waals surface area contributed by atoms with Crippen molar-refractivity contribution < 1.29 is 4.79 Å². The van der Waals surface area contributed by atoms with E-state index in [1.165, 1.54) is 6.42 Å². The molecular weight excluding hydrogens is 504 g/mol. The van der Waals surface area contributed by atoms with Crippen molar-refractivity contribution in [3.05, 3.63) is 60.8 Å². The van der Waals surface area contributed by atoms with E-state index in [-0.39, 0.29) is 5.91 Å². The molecule has 11 nitrogen and oxygen atoms in total. The number of carbonyl (C=O) groups is 1. The molecule has 204 valence electrons. The maximum atomic E-state index is 13.2. The maximum Gasteiger partial charge on any atom is 0.257 e. The summed E-state index contributed by atoms with van der Waals surface area (Å²) in [6.07, 6.45) is 12.5. The number of piperazine rings is 1. The fourth-order valence-electron chi connectivity index (χ4n) is 5.62. The van der Waals surface area contributed by atoms with Crippen LogP contribution in [0.15, 0.2) is 55.2 Å². The van der Waals surface area contributed by atoms with Crippen molar-refractivity contribution in [1.82, 2.24) is 39.3 Å². The third-order valence-electron chi connectivity index (χ3n) is 7.97. The Bertz CT molecular complexity index is 1680. The average Bonchev–Trinajstić information content (AvgIpc) is 3.61.